The van der Waals surface area contributed by atoms with Crippen LogP contribution in [-0.2, 0) is 0 Å². The molecule has 1 aromatic heterocycles. The van der Waals surface area contributed by atoms with E-state index >= 15 is 0 Å². The second-order valence-electron chi connectivity index (χ2n) is 4.55. The second kappa shape index (κ2) is 5.63. The molecule has 21 heavy (non-hydrogen) atoms. The molecule has 0 bridgehead atoms. The summed E-state index contributed by atoms with van der Waals surface area (Å²) in [5.41, 5.74) is 1.76. The highest BCUT2D eigenvalue weighted by Gasteiger charge is 2.01. The molecule has 0 unspecified atom stereocenters. The molecular formula is C17H14N2O2. The molecule has 0 aliphatic rings. The van der Waals surface area contributed by atoms with E-state index in [0.29, 0.717) is 11.6 Å². The molecule has 0 radical (unpaired) electrons. The van der Waals surface area contributed by atoms with Gasteiger partial charge in [0.2, 0.25) is 0 Å². The largest absolute Gasteiger partial charge is 0.504 e. The van der Waals surface area contributed by atoms with Crippen molar-refractivity contribution in [1.82, 2.24) is 9.97 Å². The first-order valence-corrected chi connectivity index (χ1v) is 6.53. The molecule has 0 spiro atoms. The number of aromatic nitrogens is 2. The lowest BCUT2D eigenvalue weighted by Crippen LogP contribution is -1.88. The van der Waals surface area contributed by atoms with Crippen LogP contribution >= 0.6 is 0 Å². The maximum absolute atomic E-state index is 9.74. The highest BCUT2D eigenvalue weighted by atomic mass is 16.5. The fourth-order valence-electron chi connectivity index (χ4n) is 2.05. The zero-order valence-corrected chi connectivity index (χ0v) is 11.5. The Labute approximate surface area is 122 Å². The lowest BCUT2D eigenvalue weighted by molar-refractivity contribution is 0.373. The van der Waals surface area contributed by atoms with Crippen LogP contribution < -0.4 is 4.74 Å². The van der Waals surface area contributed by atoms with Gasteiger partial charge in [0.15, 0.2) is 17.3 Å². The van der Waals surface area contributed by atoms with Crippen LogP contribution in [0.15, 0.2) is 48.7 Å². The number of para-hydroxylation sites is 1. The van der Waals surface area contributed by atoms with Crippen molar-refractivity contribution >= 4 is 23.1 Å². The average Bonchev–Trinajstić information content (AvgIpc) is 2.53. The zero-order valence-electron chi connectivity index (χ0n) is 11.5. The SMILES string of the molecule is COc1ccc(/C=C/c2ncc3ccccc3n2)cc1O. The highest BCUT2D eigenvalue weighted by molar-refractivity contribution is 5.79. The molecule has 4 heteroatoms. The topological polar surface area (TPSA) is 55.2 Å². The Balaban J connectivity index is 1.88. The van der Waals surface area contributed by atoms with Crippen molar-refractivity contribution in [3.8, 4) is 11.5 Å². The van der Waals surface area contributed by atoms with E-state index < -0.39 is 0 Å². The standard InChI is InChI=1S/C17H14N2O2/c1-21-16-8-6-12(10-15(16)20)7-9-17-18-11-13-4-2-3-5-14(13)19-17/h2-11,20H,1H3/b9-7+. The Morgan fingerprint density at radius 3 is 2.76 bits per heavy atom. The van der Waals surface area contributed by atoms with Crippen LogP contribution in [0.25, 0.3) is 23.1 Å². The summed E-state index contributed by atoms with van der Waals surface area (Å²) in [5.74, 6) is 1.19. The lowest BCUT2D eigenvalue weighted by Gasteiger charge is -2.03. The molecular weight excluding hydrogens is 264 g/mol. The van der Waals surface area contributed by atoms with Gasteiger partial charge in [0.25, 0.3) is 0 Å². The van der Waals surface area contributed by atoms with Crippen LogP contribution in [0.3, 0.4) is 0 Å². The van der Waals surface area contributed by atoms with E-state index in [1.165, 1.54) is 7.11 Å². The molecule has 4 nitrogen and oxygen atoms in total. The Morgan fingerprint density at radius 1 is 1.10 bits per heavy atom. The number of methoxy groups -OCH3 is 1. The Hall–Kier alpha value is -2.88. The molecule has 0 saturated heterocycles. The quantitative estimate of drug-likeness (QED) is 0.796. The predicted molar refractivity (Wildman–Crippen MR) is 83.1 cm³/mol. The normalized spacial score (nSPS) is 11.1. The van der Waals surface area contributed by atoms with Crippen LogP contribution in [0, 0.1) is 0 Å². The minimum atomic E-state index is 0.110. The smallest absolute Gasteiger partial charge is 0.160 e. The fraction of sp³-hybridized carbons (Fsp3) is 0.0588. The molecule has 3 aromatic rings. The number of ether oxygens (including phenoxy) is 1. The molecule has 1 N–H and O–H groups in total. The van der Waals surface area contributed by atoms with Gasteiger partial charge < -0.3 is 9.84 Å². The van der Waals surface area contributed by atoms with Gasteiger partial charge in [0.05, 0.1) is 12.6 Å². The van der Waals surface area contributed by atoms with Crippen molar-refractivity contribution in [3.63, 3.8) is 0 Å². The van der Waals surface area contributed by atoms with Crippen molar-refractivity contribution in [2.75, 3.05) is 7.11 Å². The van der Waals surface area contributed by atoms with E-state index in [9.17, 15) is 5.11 Å². The van der Waals surface area contributed by atoms with Crippen molar-refractivity contribution in [2.24, 2.45) is 0 Å². The Kier molecular flexibility index (Phi) is 3.51. The van der Waals surface area contributed by atoms with Crippen LogP contribution in [0.2, 0.25) is 0 Å². The van der Waals surface area contributed by atoms with Gasteiger partial charge in [-0.3, -0.25) is 0 Å². The van der Waals surface area contributed by atoms with Gasteiger partial charge >= 0.3 is 0 Å². The fourth-order valence-corrected chi connectivity index (χ4v) is 2.05. The summed E-state index contributed by atoms with van der Waals surface area (Å²) >= 11 is 0. The van der Waals surface area contributed by atoms with Gasteiger partial charge in [0, 0.05) is 11.6 Å². The van der Waals surface area contributed by atoms with Gasteiger partial charge in [0.1, 0.15) is 0 Å². The average molecular weight is 278 g/mol. The third-order valence-electron chi connectivity index (χ3n) is 3.14. The molecule has 1 heterocycles. The van der Waals surface area contributed by atoms with E-state index in [1.807, 2.05) is 42.5 Å². The van der Waals surface area contributed by atoms with E-state index in [4.69, 9.17) is 4.74 Å². The van der Waals surface area contributed by atoms with Crippen molar-refractivity contribution < 1.29 is 9.84 Å². The molecule has 104 valence electrons. The first kappa shape index (κ1) is 13.1. The van der Waals surface area contributed by atoms with E-state index in [1.54, 1.807) is 18.3 Å². The van der Waals surface area contributed by atoms with Gasteiger partial charge in [-0.05, 0) is 29.8 Å². The molecule has 0 saturated carbocycles. The molecule has 0 fully saturated rings. The first-order valence-electron chi connectivity index (χ1n) is 6.53. The third-order valence-corrected chi connectivity index (χ3v) is 3.14. The van der Waals surface area contributed by atoms with Crippen LogP contribution in [0.5, 0.6) is 11.5 Å². The number of phenols is 1. The predicted octanol–water partition coefficient (Wildman–Crippen LogP) is 3.51. The van der Waals surface area contributed by atoms with Gasteiger partial charge in [-0.2, -0.15) is 0 Å². The van der Waals surface area contributed by atoms with E-state index in [0.717, 1.165) is 16.5 Å². The summed E-state index contributed by atoms with van der Waals surface area (Å²) in [6.07, 6.45) is 5.46. The number of hydrogen-bond donors (Lipinski definition) is 1. The lowest BCUT2D eigenvalue weighted by atomic mass is 10.2. The summed E-state index contributed by atoms with van der Waals surface area (Å²) in [6, 6.07) is 13.0. The molecule has 0 aliphatic heterocycles. The Bertz CT molecular complexity index is 813. The van der Waals surface area contributed by atoms with Gasteiger partial charge in [-0.15, -0.1) is 0 Å². The number of phenolic OH excluding ortho intramolecular Hbond substituents is 1. The van der Waals surface area contributed by atoms with Crippen LogP contribution in [-0.4, -0.2) is 22.2 Å². The maximum Gasteiger partial charge on any atom is 0.160 e. The summed E-state index contributed by atoms with van der Waals surface area (Å²) < 4.78 is 5.01. The van der Waals surface area contributed by atoms with Gasteiger partial charge in [-0.25, -0.2) is 9.97 Å². The number of aromatic hydroxyl groups is 1. The minimum Gasteiger partial charge on any atom is -0.504 e. The molecule has 0 amide bonds. The van der Waals surface area contributed by atoms with Crippen molar-refractivity contribution in [2.45, 2.75) is 0 Å². The second-order valence-corrected chi connectivity index (χ2v) is 4.55. The van der Waals surface area contributed by atoms with Crippen molar-refractivity contribution in [1.29, 1.82) is 0 Å². The number of hydrogen-bond acceptors (Lipinski definition) is 4. The number of rotatable bonds is 3. The summed E-state index contributed by atoms with van der Waals surface area (Å²) in [7, 11) is 1.52. The molecule has 2 aromatic carbocycles. The van der Waals surface area contributed by atoms with Crippen molar-refractivity contribution in [3.05, 3.63) is 60.0 Å². The van der Waals surface area contributed by atoms with E-state index in [2.05, 4.69) is 9.97 Å². The van der Waals surface area contributed by atoms with Gasteiger partial charge in [-0.1, -0.05) is 30.3 Å². The molecule has 3 rings (SSSR count). The number of benzene rings is 2. The Morgan fingerprint density at radius 2 is 1.95 bits per heavy atom. The summed E-state index contributed by atoms with van der Waals surface area (Å²) in [5, 5.41) is 10.8. The minimum absolute atomic E-state index is 0.110. The monoisotopic (exact) mass is 278 g/mol. The number of nitrogens with zero attached hydrogens (tertiary/aromatic N) is 2. The first-order chi connectivity index (χ1) is 10.3. The van der Waals surface area contributed by atoms with Crippen LogP contribution in [0.4, 0.5) is 0 Å². The molecule has 0 atom stereocenters. The highest BCUT2D eigenvalue weighted by Crippen LogP contribution is 2.26. The molecule has 0 aliphatic carbocycles. The van der Waals surface area contributed by atoms with E-state index in [-0.39, 0.29) is 5.75 Å². The third kappa shape index (κ3) is 2.84. The summed E-state index contributed by atoms with van der Waals surface area (Å²) in [6.45, 7) is 0. The maximum atomic E-state index is 9.74. The van der Waals surface area contributed by atoms with Crippen LogP contribution in [0.1, 0.15) is 11.4 Å². The number of fused-ring (bicyclic) bond motifs is 1. The summed E-state index contributed by atoms with van der Waals surface area (Å²) in [4.78, 5) is 8.75. The zero-order chi connectivity index (χ0) is 14.7.